The van der Waals surface area contributed by atoms with Crippen molar-refractivity contribution in [2.24, 2.45) is 5.92 Å². The molecule has 6 nitrogen and oxygen atoms in total. The van der Waals surface area contributed by atoms with Crippen LogP contribution < -0.4 is 0 Å². The summed E-state index contributed by atoms with van der Waals surface area (Å²) >= 11 is 0. The van der Waals surface area contributed by atoms with E-state index in [0.29, 0.717) is 19.5 Å². The first-order chi connectivity index (χ1) is 12.1. The zero-order valence-corrected chi connectivity index (χ0v) is 14.3. The molecule has 1 N–H and O–H groups in total. The quantitative estimate of drug-likeness (QED) is 0.904. The van der Waals surface area contributed by atoms with Crippen LogP contribution in [0.15, 0.2) is 42.9 Å². The summed E-state index contributed by atoms with van der Waals surface area (Å²) in [5.41, 5.74) is 1.99. The van der Waals surface area contributed by atoms with Crippen molar-refractivity contribution in [1.82, 2.24) is 14.5 Å². The standard InChI is InChI=1S/C19H23N3O3/c1-14-17(19(24)25)8-5-9-22(14)18(23)10-16-11-20-13-21(16)12-15-6-3-2-4-7-15/h2-4,6-7,11,13-14,17H,5,8-10,12H2,1H3,(H,24,25)/t14-,17-/m1/s1. The van der Waals surface area contributed by atoms with E-state index in [4.69, 9.17) is 0 Å². The second-order valence-corrected chi connectivity index (χ2v) is 6.59. The molecule has 0 radical (unpaired) electrons. The molecule has 0 saturated carbocycles. The van der Waals surface area contributed by atoms with E-state index in [2.05, 4.69) is 4.98 Å². The molecule has 1 fully saturated rings. The zero-order valence-electron chi connectivity index (χ0n) is 14.3. The Bertz CT molecular complexity index is 741. The van der Waals surface area contributed by atoms with Crippen LogP contribution in [0, 0.1) is 5.92 Å². The van der Waals surface area contributed by atoms with Crippen LogP contribution in [0.1, 0.15) is 31.0 Å². The summed E-state index contributed by atoms with van der Waals surface area (Å²) in [5, 5.41) is 9.32. The van der Waals surface area contributed by atoms with Crippen LogP contribution >= 0.6 is 0 Å². The maximum absolute atomic E-state index is 12.7. The summed E-state index contributed by atoms with van der Waals surface area (Å²) in [6, 6.07) is 9.74. The van der Waals surface area contributed by atoms with Crippen LogP contribution in [-0.2, 0) is 22.6 Å². The van der Waals surface area contributed by atoms with Gasteiger partial charge in [-0.3, -0.25) is 9.59 Å². The van der Waals surface area contributed by atoms with Gasteiger partial charge in [-0.05, 0) is 25.3 Å². The van der Waals surface area contributed by atoms with Crippen molar-refractivity contribution >= 4 is 11.9 Å². The minimum atomic E-state index is -0.820. The SMILES string of the molecule is C[C@@H]1[C@H](C(=O)O)CCCN1C(=O)Cc1cncn1Cc1ccccc1. The maximum Gasteiger partial charge on any atom is 0.308 e. The van der Waals surface area contributed by atoms with Crippen LogP contribution in [-0.4, -0.2) is 44.0 Å². The van der Waals surface area contributed by atoms with Crippen molar-refractivity contribution in [1.29, 1.82) is 0 Å². The van der Waals surface area contributed by atoms with Crippen LogP contribution in [0.3, 0.4) is 0 Å². The minimum absolute atomic E-state index is 0.0340. The number of aliphatic carboxylic acids is 1. The number of nitrogens with zero attached hydrogens (tertiary/aromatic N) is 3. The average Bonchev–Trinajstić information content (AvgIpc) is 3.02. The highest BCUT2D eigenvalue weighted by atomic mass is 16.4. The maximum atomic E-state index is 12.7. The molecule has 0 bridgehead atoms. The molecule has 132 valence electrons. The summed E-state index contributed by atoms with van der Waals surface area (Å²) in [4.78, 5) is 30.0. The summed E-state index contributed by atoms with van der Waals surface area (Å²) in [6.07, 6.45) is 5.05. The molecule has 1 aliphatic heterocycles. The van der Waals surface area contributed by atoms with E-state index >= 15 is 0 Å². The van der Waals surface area contributed by atoms with Gasteiger partial charge in [-0.25, -0.2) is 4.98 Å². The monoisotopic (exact) mass is 341 g/mol. The number of carbonyl (C=O) groups excluding carboxylic acids is 1. The van der Waals surface area contributed by atoms with Gasteiger partial charge in [-0.1, -0.05) is 30.3 Å². The fourth-order valence-electron chi connectivity index (χ4n) is 3.50. The van der Waals surface area contributed by atoms with E-state index in [0.717, 1.165) is 17.7 Å². The first-order valence-electron chi connectivity index (χ1n) is 8.61. The topological polar surface area (TPSA) is 75.4 Å². The van der Waals surface area contributed by atoms with E-state index in [-0.39, 0.29) is 18.4 Å². The Balaban J connectivity index is 1.69. The molecule has 3 rings (SSSR count). The van der Waals surface area contributed by atoms with E-state index in [1.54, 1.807) is 17.4 Å². The zero-order chi connectivity index (χ0) is 17.8. The van der Waals surface area contributed by atoms with Gasteiger partial charge in [0.05, 0.1) is 18.7 Å². The minimum Gasteiger partial charge on any atom is -0.481 e. The molecule has 2 aromatic rings. The number of amides is 1. The number of piperidine rings is 1. The van der Waals surface area contributed by atoms with Gasteiger partial charge in [0, 0.05) is 31.0 Å². The van der Waals surface area contributed by atoms with Crippen molar-refractivity contribution in [2.45, 2.75) is 38.8 Å². The van der Waals surface area contributed by atoms with E-state index in [1.807, 2.05) is 41.8 Å². The van der Waals surface area contributed by atoms with E-state index in [9.17, 15) is 14.7 Å². The molecular weight excluding hydrogens is 318 g/mol. The Morgan fingerprint density at radius 3 is 2.76 bits per heavy atom. The molecule has 25 heavy (non-hydrogen) atoms. The summed E-state index contributed by atoms with van der Waals surface area (Å²) in [5.74, 6) is -1.33. The molecule has 1 aromatic heterocycles. The molecule has 0 spiro atoms. The molecular formula is C19H23N3O3. The number of carboxylic acid groups (broad SMARTS) is 1. The summed E-state index contributed by atoms with van der Waals surface area (Å²) in [6.45, 7) is 3.12. The lowest BCUT2D eigenvalue weighted by atomic mass is 9.90. The van der Waals surface area contributed by atoms with Gasteiger partial charge < -0.3 is 14.6 Å². The summed E-state index contributed by atoms with van der Waals surface area (Å²) in [7, 11) is 0. The average molecular weight is 341 g/mol. The van der Waals surface area contributed by atoms with Crippen molar-refractivity contribution in [3.8, 4) is 0 Å². The van der Waals surface area contributed by atoms with Gasteiger partial charge in [-0.15, -0.1) is 0 Å². The first-order valence-corrected chi connectivity index (χ1v) is 8.61. The fourth-order valence-corrected chi connectivity index (χ4v) is 3.50. The smallest absolute Gasteiger partial charge is 0.308 e. The van der Waals surface area contributed by atoms with E-state index < -0.39 is 11.9 Å². The van der Waals surface area contributed by atoms with Gasteiger partial charge in [0.2, 0.25) is 5.91 Å². The molecule has 1 aromatic carbocycles. The Labute approximate surface area is 147 Å². The number of likely N-dealkylation sites (tertiary alicyclic amines) is 1. The Morgan fingerprint density at radius 1 is 1.28 bits per heavy atom. The largest absolute Gasteiger partial charge is 0.481 e. The fraction of sp³-hybridized carbons (Fsp3) is 0.421. The van der Waals surface area contributed by atoms with Crippen molar-refractivity contribution in [2.75, 3.05) is 6.54 Å². The number of aromatic nitrogens is 2. The molecule has 1 amide bonds. The number of hydrogen-bond donors (Lipinski definition) is 1. The third-order valence-electron chi connectivity index (χ3n) is 4.95. The first kappa shape index (κ1) is 17.2. The lowest BCUT2D eigenvalue weighted by Gasteiger charge is -2.37. The number of rotatable bonds is 5. The number of hydrogen-bond acceptors (Lipinski definition) is 3. The van der Waals surface area contributed by atoms with Crippen molar-refractivity contribution < 1.29 is 14.7 Å². The van der Waals surface area contributed by atoms with Gasteiger partial charge in [-0.2, -0.15) is 0 Å². The van der Waals surface area contributed by atoms with Crippen molar-refractivity contribution in [3.63, 3.8) is 0 Å². The lowest BCUT2D eigenvalue weighted by molar-refractivity contribution is -0.148. The predicted octanol–water partition coefficient (Wildman–Crippen LogP) is 2.19. The number of carboxylic acids is 1. The highest BCUT2D eigenvalue weighted by molar-refractivity contribution is 5.80. The van der Waals surface area contributed by atoms with Gasteiger partial charge >= 0.3 is 5.97 Å². The van der Waals surface area contributed by atoms with Gasteiger partial charge in [0.1, 0.15) is 0 Å². The molecule has 0 aliphatic carbocycles. The molecule has 2 heterocycles. The number of carbonyl (C=O) groups is 2. The van der Waals surface area contributed by atoms with Crippen LogP contribution in [0.5, 0.6) is 0 Å². The molecule has 6 heteroatoms. The van der Waals surface area contributed by atoms with Crippen LogP contribution in [0.25, 0.3) is 0 Å². The Morgan fingerprint density at radius 2 is 2.04 bits per heavy atom. The third kappa shape index (κ3) is 3.90. The second-order valence-electron chi connectivity index (χ2n) is 6.59. The molecule has 0 unspecified atom stereocenters. The predicted molar refractivity (Wildman–Crippen MR) is 93.0 cm³/mol. The number of benzene rings is 1. The molecule has 2 atom stereocenters. The van der Waals surface area contributed by atoms with Gasteiger partial charge in [0.15, 0.2) is 0 Å². The Kier molecular flexibility index (Phi) is 5.16. The highest BCUT2D eigenvalue weighted by Crippen LogP contribution is 2.24. The highest BCUT2D eigenvalue weighted by Gasteiger charge is 2.35. The second kappa shape index (κ2) is 7.51. The normalized spacial score (nSPS) is 20.4. The molecule has 1 aliphatic rings. The van der Waals surface area contributed by atoms with Crippen LogP contribution in [0.2, 0.25) is 0 Å². The van der Waals surface area contributed by atoms with Crippen LogP contribution in [0.4, 0.5) is 0 Å². The third-order valence-corrected chi connectivity index (χ3v) is 4.95. The van der Waals surface area contributed by atoms with E-state index in [1.165, 1.54) is 0 Å². The van der Waals surface area contributed by atoms with Gasteiger partial charge in [0.25, 0.3) is 0 Å². The molecule has 1 saturated heterocycles. The number of imidazole rings is 1. The Hall–Kier alpha value is -2.63. The van der Waals surface area contributed by atoms with Crippen molar-refractivity contribution in [3.05, 3.63) is 54.1 Å². The summed E-state index contributed by atoms with van der Waals surface area (Å²) < 4.78 is 1.97. The lowest BCUT2D eigenvalue weighted by Crippen LogP contribution is -2.49.